The average molecular weight is 463 g/mol. The van der Waals surface area contributed by atoms with Crippen molar-refractivity contribution in [2.75, 3.05) is 31.6 Å². The molecule has 0 aliphatic carbocycles. The second kappa shape index (κ2) is 11.3. The molecule has 1 amide bonds. The van der Waals surface area contributed by atoms with Crippen LogP contribution in [-0.4, -0.2) is 46.6 Å². The number of carbonyl (C=O) groups is 1. The highest BCUT2D eigenvalue weighted by molar-refractivity contribution is 5.93. The van der Waals surface area contributed by atoms with Crippen molar-refractivity contribution in [3.63, 3.8) is 0 Å². The van der Waals surface area contributed by atoms with Gasteiger partial charge in [0.2, 0.25) is 5.91 Å². The number of aromatic nitrogens is 2. The maximum atomic E-state index is 13.2. The zero-order valence-corrected chi connectivity index (χ0v) is 20.2. The van der Waals surface area contributed by atoms with Crippen LogP contribution in [0.5, 0.6) is 5.75 Å². The summed E-state index contributed by atoms with van der Waals surface area (Å²) in [7, 11) is 0. The molecule has 1 N–H and O–H groups in total. The van der Waals surface area contributed by atoms with Gasteiger partial charge in [-0.15, -0.1) is 0 Å². The van der Waals surface area contributed by atoms with Crippen molar-refractivity contribution >= 4 is 22.5 Å². The number of aryl methyl sites for hydroxylation is 1. The number of rotatable bonds is 9. The van der Waals surface area contributed by atoms with E-state index in [1.807, 2.05) is 38.1 Å². The highest BCUT2D eigenvalue weighted by atomic mass is 16.5. The lowest BCUT2D eigenvalue weighted by Crippen LogP contribution is -2.31. The van der Waals surface area contributed by atoms with Crippen LogP contribution in [0.1, 0.15) is 51.3 Å². The number of piperidine rings is 1. The molecule has 1 aromatic heterocycles. The van der Waals surface area contributed by atoms with E-state index in [2.05, 4.69) is 15.2 Å². The topological polar surface area (TPSA) is 76.5 Å². The molecule has 0 unspecified atom stereocenters. The van der Waals surface area contributed by atoms with Crippen LogP contribution in [0.25, 0.3) is 16.6 Å². The van der Waals surface area contributed by atoms with E-state index in [0.717, 1.165) is 30.8 Å². The van der Waals surface area contributed by atoms with Gasteiger partial charge in [0, 0.05) is 18.7 Å². The van der Waals surface area contributed by atoms with Crippen molar-refractivity contribution in [2.24, 2.45) is 0 Å². The van der Waals surface area contributed by atoms with Gasteiger partial charge in [-0.05, 0) is 88.2 Å². The van der Waals surface area contributed by atoms with Crippen LogP contribution in [0, 0.1) is 6.92 Å². The molecule has 2 heterocycles. The van der Waals surface area contributed by atoms with E-state index in [4.69, 9.17) is 4.74 Å². The van der Waals surface area contributed by atoms with Crippen molar-refractivity contribution in [3.05, 3.63) is 58.6 Å². The molecule has 0 spiro atoms. The smallest absolute Gasteiger partial charge is 0.265 e. The summed E-state index contributed by atoms with van der Waals surface area (Å²) < 4.78 is 7.53. The minimum atomic E-state index is -0.135. The quantitative estimate of drug-likeness (QED) is 0.467. The van der Waals surface area contributed by atoms with Crippen LogP contribution < -0.4 is 15.6 Å². The summed E-state index contributed by atoms with van der Waals surface area (Å²) in [6.45, 7) is 7.95. The molecule has 0 atom stereocenters. The largest absolute Gasteiger partial charge is 0.494 e. The molecule has 1 aliphatic rings. The highest BCUT2D eigenvalue weighted by Gasteiger charge is 2.12. The first kappa shape index (κ1) is 24.0. The van der Waals surface area contributed by atoms with Gasteiger partial charge >= 0.3 is 0 Å². The molecule has 4 rings (SSSR count). The lowest BCUT2D eigenvalue weighted by atomic mass is 10.1. The standard InChI is InChI=1S/C27H34N4O3/c1-3-8-26(32)29-21-9-14-24-25(19-21)28-20(2)31(27(24)33)22-10-12-23(13-11-22)34-18-7-17-30-15-5-4-6-16-30/h9-14,19H,3-8,15-18H2,1-2H3,(H,29,32). The lowest BCUT2D eigenvalue weighted by Gasteiger charge is -2.26. The Hall–Kier alpha value is -3.19. The first-order valence-corrected chi connectivity index (χ1v) is 12.3. The summed E-state index contributed by atoms with van der Waals surface area (Å²) in [4.78, 5) is 32.3. The number of nitrogens with zero attached hydrogens (tertiary/aromatic N) is 3. The van der Waals surface area contributed by atoms with Crippen molar-refractivity contribution in [1.82, 2.24) is 14.5 Å². The summed E-state index contributed by atoms with van der Waals surface area (Å²) in [6, 6.07) is 12.8. The predicted octanol–water partition coefficient (Wildman–Crippen LogP) is 4.69. The number of fused-ring (bicyclic) bond motifs is 1. The number of likely N-dealkylation sites (tertiary alicyclic amines) is 1. The van der Waals surface area contributed by atoms with Gasteiger partial charge in [-0.25, -0.2) is 4.98 Å². The number of nitrogens with one attached hydrogen (secondary N) is 1. The van der Waals surface area contributed by atoms with Gasteiger partial charge in [-0.3, -0.25) is 14.2 Å². The van der Waals surface area contributed by atoms with E-state index in [-0.39, 0.29) is 11.5 Å². The molecule has 7 nitrogen and oxygen atoms in total. The second-order valence-electron chi connectivity index (χ2n) is 8.93. The van der Waals surface area contributed by atoms with Gasteiger partial charge in [0.05, 0.1) is 23.2 Å². The van der Waals surface area contributed by atoms with Crippen molar-refractivity contribution < 1.29 is 9.53 Å². The Morgan fingerprint density at radius 2 is 1.85 bits per heavy atom. The Kier molecular flexibility index (Phi) is 7.95. The fraction of sp³-hybridized carbons (Fsp3) is 0.444. The van der Waals surface area contributed by atoms with E-state index in [0.29, 0.717) is 35.4 Å². The lowest BCUT2D eigenvalue weighted by molar-refractivity contribution is -0.116. The fourth-order valence-corrected chi connectivity index (χ4v) is 4.48. The van der Waals surface area contributed by atoms with Gasteiger partial charge in [0.1, 0.15) is 11.6 Å². The van der Waals surface area contributed by atoms with Crippen LogP contribution in [0.3, 0.4) is 0 Å². The van der Waals surface area contributed by atoms with Crippen LogP contribution in [0.15, 0.2) is 47.3 Å². The minimum absolute atomic E-state index is 0.0410. The zero-order chi connectivity index (χ0) is 23.9. The van der Waals surface area contributed by atoms with Crippen molar-refractivity contribution in [2.45, 2.75) is 52.4 Å². The summed E-state index contributed by atoms with van der Waals surface area (Å²) in [5.41, 5.74) is 1.83. The van der Waals surface area contributed by atoms with Crippen LogP contribution in [-0.2, 0) is 4.79 Å². The molecule has 180 valence electrons. The summed E-state index contributed by atoms with van der Waals surface area (Å²) in [5, 5.41) is 3.37. The summed E-state index contributed by atoms with van der Waals surface area (Å²) in [5.74, 6) is 1.35. The molecular formula is C27H34N4O3. The molecule has 0 bridgehead atoms. The fourth-order valence-electron chi connectivity index (χ4n) is 4.48. The molecule has 1 saturated heterocycles. The predicted molar refractivity (Wildman–Crippen MR) is 136 cm³/mol. The third kappa shape index (κ3) is 5.83. The number of anilines is 1. The highest BCUT2D eigenvalue weighted by Crippen LogP contribution is 2.20. The third-order valence-corrected chi connectivity index (χ3v) is 6.23. The number of carbonyl (C=O) groups excluding carboxylic acids is 1. The van der Waals surface area contributed by atoms with Crippen molar-refractivity contribution in [3.8, 4) is 11.4 Å². The van der Waals surface area contributed by atoms with E-state index >= 15 is 0 Å². The second-order valence-corrected chi connectivity index (χ2v) is 8.93. The zero-order valence-electron chi connectivity index (χ0n) is 20.2. The minimum Gasteiger partial charge on any atom is -0.494 e. The number of benzene rings is 2. The third-order valence-electron chi connectivity index (χ3n) is 6.23. The van der Waals surface area contributed by atoms with E-state index in [1.165, 1.54) is 32.4 Å². The van der Waals surface area contributed by atoms with Gasteiger partial charge in [-0.1, -0.05) is 13.3 Å². The Morgan fingerprint density at radius 3 is 2.59 bits per heavy atom. The van der Waals surface area contributed by atoms with E-state index in [9.17, 15) is 9.59 Å². The maximum Gasteiger partial charge on any atom is 0.265 e. The molecule has 3 aromatic rings. The molecule has 0 radical (unpaired) electrons. The molecular weight excluding hydrogens is 428 g/mol. The molecule has 0 saturated carbocycles. The SMILES string of the molecule is CCCC(=O)Nc1ccc2c(=O)n(-c3ccc(OCCCN4CCCCC4)cc3)c(C)nc2c1. The normalized spacial score (nSPS) is 14.3. The van der Waals surface area contributed by atoms with E-state index in [1.54, 1.807) is 22.8 Å². The van der Waals surface area contributed by atoms with Crippen LogP contribution in [0.2, 0.25) is 0 Å². The Labute approximate surface area is 200 Å². The monoisotopic (exact) mass is 462 g/mol. The maximum absolute atomic E-state index is 13.2. The number of hydrogen-bond acceptors (Lipinski definition) is 5. The van der Waals surface area contributed by atoms with Crippen LogP contribution in [0.4, 0.5) is 5.69 Å². The number of hydrogen-bond donors (Lipinski definition) is 1. The Morgan fingerprint density at radius 1 is 1.09 bits per heavy atom. The Bertz CT molecular complexity index is 1180. The molecule has 34 heavy (non-hydrogen) atoms. The summed E-state index contributed by atoms with van der Waals surface area (Å²) >= 11 is 0. The van der Waals surface area contributed by atoms with Crippen LogP contribution >= 0.6 is 0 Å². The van der Waals surface area contributed by atoms with Gasteiger partial charge in [-0.2, -0.15) is 0 Å². The average Bonchev–Trinajstić information content (AvgIpc) is 2.83. The summed E-state index contributed by atoms with van der Waals surface area (Å²) in [6.07, 6.45) is 6.22. The molecule has 7 heteroatoms. The van der Waals surface area contributed by atoms with E-state index < -0.39 is 0 Å². The van der Waals surface area contributed by atoms with Gasteiger partial charge in [0.15, 0.2) is 0 Å². The first-order chi connectivity index (χ1) is 16.5. The molecule has 1 fully saturated rings. The van der Waals surface area contributed by atoms with Crippen molar-refractivity contribution in [1.29, 1.82) is 0 Å². The van der Waals surface area contributed by atoms with Gasteiger partial charge in [0.25, 0.3) is 5.56 Å². The first-order valence-electron chi connectivity index (χ1n) is 12.3. The molecule has 2 aromatic carbocycles. The molecule has 1 aliphatic heterocycles. The van der Waals surface area contributed by atoms with Gasteiger partial charge < -0.3 is 15.0 Å². The number of amides is 1. The number of ether oxygens (including phenoxy) is 1. The Balaban J connectivity index is 1.44.